The van der Waals surface area contributed by atoms with E-state index in [9.17, 15) is 0 Å². The van der Waals surface area contributed by atoms with Crippen molar-refractivity contribution in [1.82, 2.24) is 15.3 Å². The number of nitrogens with zero attached hydrogens (tertiary/aromatic N) is 2. The normalized spacial score (nSPS) is 12.9. The summed E-state index contributed by atoms with van der Waals surface area (Å²) in [4.78, 5) is 9.61. The Hall–Kier alpha value is -1.30. The van der Waals surface area contributed by atoms with Crippen LogP contribution in [0.5, 0.6) is 0 Å². The van der Waals surface area contributed by atoms with Gasteiger partial charge in [0, 0.05) is 32.2 Å². The first-order chi connectivity index (χ1) is 9.38. The van der Waals surface area contributed by atoms with Crippen molar-refractivity contribution in [2.45, 2.75) is 19.4 Å². The van der Waals surface area contributed by atoms with Crippen LogP contribution in [-0.2, 0) is 0 Å². The Morgan fingerprint density at radius 3 is 2.84 bits per heavy atom. The summed E-state index contributed by atoms with van der Waals surface area (Å²) < 4.78 is 2.72. The van der Waals surface area contributed by atoms with Crippen molar-refractivity contribution in [2.75, 3.05) is 6.54 Å². The van der Waals surface area contributed by atoms with Crippen molar-refractivity contribution in [3.63, 3.8) is 0 Å². The first kappa shape index (κ1) is 12.7. The fraction of sp³-hybridized carbons (Fsp3) is 0.286. The Kier molecular flexibility index (Phi) is 3.87. The standard InChI is InChI=1S/C14H15N3S2/c1-2-4-17-14(10-7-15-9-16-8-10)13-6-12-11(19-13)3-5-18-12/h3,5-9,14,17H,2,4H2,1H3. The second-order valence-electron chi connectivity index (χ2n) is 4.36. The molecule has 3 aromatic rings. The van der Waals surface area contributed by atoms with Crippen molar-refractivity contribution < 1.29 is 0 Å². The molecule has 0 aliphatic rings. The Balaban J connectivity index is 1.96. The molecule has 0 aliphatic carbocycles. The quantitative estimate of drug-likeness (QED) is 0.775. The smallest absolute Gasteiger partial charge is 0.115 e. The van der Waals surface area contributed by atoms with Crippen LogP contribution in [0, 0.1) is 0 Å². The number of thiophene rings is 2. The van der Waals surface area contributed by atoms with Gasteiger partial charge in [-0.1, -0.05) is 6.92 Å². The lowest BCUT2D eigenvalue weighted by molar-refractivity contribution is 0.602. The van der Waals surface area contributed by atoms with Gasteiger partial charge in [0.15, 0.2) is 0 Å². The lowest BCUT2D eigenvalue weighted by Crippen LogP contribution is -2.22. The monoisotopic (exact) mass is 289 g/mol. The highest BCUT2D eigenvalue weighted by Gasteiger charge is 2.17. The first-order valence-electron chi connectivity index (χ1n) is 6.33. The van der Waals surface area contributed by atoms with Gasteiger partial charge < -0.3 is 5.32 Å². The third-order valence-corrected chi connectivity index (χ3v) is 5.11. The fourth-order valence-electron chi connectivity index (χ4n) is 2.06. The minimum Gasteiger partial charge on any atom is -0.306 e. The molecule has 3 rings (SSSR count). The average Bonchev–Trinajstić information content (AvgIpc) is 3.02. The van der Waals surface area contributed by atoms with Crippen molar-refractivity contribution in [1.29, 1.82) is 0 Å². The van der Waals surface area contributed by atoms with E-state index in [0.717, 1.165) is 18.5 Å². The molecule has 0 radical (unpaired) electrons. The van der Waals surface area contributed by atoms with Gasteiger partial charge in [0.2, 0.25) is 0 Å². The second kappa shape index (κ2) is 5.77. The molecule has 5 heteroatoms. The van der Waals surface area contributed by atoms with Gasteiger partial charge in [-0.15, -0.1) is 22.7 Å². The second-order valence-corrected chi connectivity index (χ2v) is 6.42. The molecule has 0 amide bonds. The van der Waals surface area contributed by atoms with Crippen LogP contribution in [0.2, 0.25) is 0 Å². The van der Waals surface area contributed by atoms with Gasteiger partial charge in [0.05, 0.1) is 6.04 Å². The topological polar surface area (TPSA) is 37.8 Å². The molecular formula is C14H15N3S2. The van der Waals surface area contributed by atoms with E-state index in [0.29, 0.717) is 0 Å². The van der Waals surface area contributed by atoms with E-state index >= 15 is 0 Å². The van der Waals surface area contributed by atoms with Gasteiger partial charge >= 0.3 is 0 Å². The summed E-state index contributed by atoms with van der Waals surface area (Å²) in [5.41, 5.74) is 1.13. The van der Waals surface area contributed by atoms with Gasteiger partial charge in [0.25, 0.3) is 0 Å². The molecule has 0 saturated heterocycles. The summed E-state index contributed by atoms with van der Waals surface area (Å²) in [7, 11) is 0. The zero-order valence-electron chi connectivity index (χ0n) is 10.7. The Morgan fingerprint density at radius 1 is 1.26 bits per heavy atom. The summed E-state index contributed by atoms with van der Waals surface area (Å²) in [6, 6.07) is 4.67. The molecule has 1 N–H and O–H groups in total. The summed E-state index contributed by atoms with van der Waals surface area (Å²) in [5.74, 6) is 0. The van der Waals surface area contributed by atoms with Crippen LogP contribution in [-0.4, -0.2) is 16.5 Å². The van der Waals surface area contributed by atoms with Gasteiger partial charge in [0.1, 0.15) is 6.33 Å². The van der Waals surface area contributed by atoms with E-state index in [-0.39, 0.29) is 6.04 Å². The van der Waals surface area contributed by atoms with E-state index < -0.39 is 0 Å². The van der Waals surface area contributed by atoms with Crippen LogP contribution >= 0.6 is 22.7 Å². The summed E-state index contributed by atoms with van der Waals surface area (Å²) >= 11 is 3.65. The minimum atomic E-state index is 0.200. The van der Waals surface area contributed by atoms with Crippen molar-refractivity contribution in [3.8, 4) is 0 Å². The molecule has 19 heavy (non-hydrogen) atoms. The van der Waals surface area contributed by atoms with Gasteiger partial charge in [-0.05, 0) is 30.5 Å². The number of hydrogen-bond acceptors (Lipinski definition) is 5. The molecule has 1 unspecified atom stereocenters. The Bertz CT molecular complexity index is 616. The van der Waals surface area contributed by atoms with E-state index in [1.165, 1.54) is 14.3 Å². The maximum absolute atomic E-state index is 4.14. The van der Waals surface area contributed by atoms with E-state index in [1.807, 2.05) is 23.7 Å². The molecule has 0 saturated carbocycles. The molecule has 1 atom stereocenters. The van der Waals surface area contributed by atoms with Crippen LogP contribution in [0.25, 0.3) is 9.40 Å². The first-order valence-corrected chi connectivity index (χ1v) is 8.03. The van der Waals surface area contributed by atoms with Gasteiger partial charge in [-0.3, -0.25) is 0 Å². The summed E-state index contributed by atoms with van der Waals surface area (Å²) in [6.07, 6.45) is 6.49. The third-order valence-electron chi connectivity index (χ3n) is 2.96. The highest BCUT2D eigenvalue weighted by Crippen LogP contribution is 2.35. The van der Waals surface area contributed by atoms with E-state index in [2.05, 4.69) is 39.7 Å². The number of aromatic nitrogens is 2. The van der Waals surface area contributed by atoms with Crippen LogP contribution < -0.4 is 5.32 Å². The molecule has 3 nitrogen and oxygen atoms in total. The Labute approximate surface area is 120 Å². The van der Waals surface area contributed by atoms with Crippen molar-refractivity contribution >= 4 is 32.1 Å². The predicted octanol–water partition coefficient (Wildman–Crippen LogP) is 3.84. The molecule has 3 aromatic heterocycles. The SMILES string of the molecule is CCCNC(c1cncnc1)c1cc2sccc2s1. The third kappa shape index (κ3) is 2.68. The lowest BCUT2D eigenvalue weighted by Gasteiger charge is -2.16. The summed E-state index contributed by atoms with van der Waals surface area (Å²) in [5, 5.41) is 5.73. The van der Waals surface area contributed by atoms with Crippen LogP contribution in [0.4, 0.5) is 0 Å². The van der Waals surface area contributed by atoms with Gasteiger partial charge in [-0.25, -0.2) is 9.97 Å². The van der Waals surface area contributed by atoms with Crippen molar-refractivity contribution in [3.05, 3.63) is 46.7 Å². The minimum absolute atomic E-state index is 0.200. The predicted molar refractivity (Wildman–Crippen MR) is 81.9 cm³/mol. The van der Waals surface area contributed by atoms with Crippen LogP contribution in [0.15, 0.2) is 36.2 Å². The fourth-order valence-corrected chi connectivity index (χ4v) is 4.28. The van der Waals surface area contributed by atoms with E-state index in [4.69, 9.17) is 0 Å². The maximum atomic E-state index is 4.14. The number of rotatable bonds is 5. The molecule has 0 aromatic carbocycles. The molecule has 0 fully saturated rings. The van der Waals surface area contributed by atoms with Crippen LogP contribution in [0.1, 0.15) is 29.8 Å². The zero-order chi connectivity index (χ0) is 13.1. The lowest BCUT2D eigenvalue weighted by atomic mass is 10.1. The summed E-state index contributed by atoms with van der Waals surface area (Å²) in [6.45, 7) is 3.17. The number of fused-ring (bicyclic) bond motifs is 1. The molecule has 0 bridgehead atoms. The maximum Gasteiger partial charge on any atom is 0.115 e. The molecule has 98 valence electrons. The van der Waals surface area contributed by atoms with Crippen LogP contribution in [0.3, 0.4) is 0 Å². The van der Waals surface area contributed by atoms with E-state index in [1.54, 1.807) is 17.7 Å². The van der Waals surface area contributed by atoms with Crippen molar-refractivity contribution in [2.24, 2.45) is 0 Å². The molecular weight excluding hydrogens is 274 g/mol. The average molecular weight is 289 g/mol. The zero-order valence-corrected chi connectivity index (χ0v) is 12.3. The number of hydrogen-bond donors (Lipinski definition) is 1. The Morgan fingerprint density at radius 2 is 2.11 bits per heavy atom. The van der Waals surface area contributed by atoms with Gasteiger partial charge in [-0.2, -0.15) is 0 Å². The molecule has 0 aliphatic heterocycles. The highest BCUT2D eigenvalue weighted by atomic mass is 32.1. The largest absolute Gasteiger partial charge is 0.306 e. The molecule has 3 heterocycles. The number of nitrogens with one attached hydrogen (secondary N) is 1. The molecule has 0 spiro atoms. The highest BCUT2D eigenvalue weighted by molar-refractivity contribution is 7.27.